The first-order valence-corrected chi connectivity index (χ1v) is 10.6. The van der Waals surface area contributed by atoms with Gasteiger partial charge in [0.05, 0.1) is 19.3 Å². The van der Waals surface area contributed by atoms with Crippen LogP contribution >= 0.6 is 0 Å². The first-order valence-electron chi connectivity index (χ1n) is 10.6. The predicted octanol–water partition coefficient (Wildman–Crippen LogP) is 2.94. The van der Waals surface area contributed by atoms with E-state index >= 15 is 0 Å². The Hall–Kier alpha value is -4.27. The number of alkyl halides is 3. The highest BCUT2D eigenvalue weighted by atomic mass is 19.4. The van der Waals surface area contributed by atoms with E-state index in [1.807, 2.05) is 0 Å². The van der Waals surface area contributed by atoms with Gasteiger partial charge in [-0.3, -0.25) is 9.36 Å². The lowest BCUT2D eigenvalue weighted by atomic mass is 10.1. The van der Waals surface area contributed by atoms with Crippen LogP contribution < -0.4 is 10.3 Å². The molecule has 0 spiro atoms. The fourth-order valence-electron chi connectivity index (χ4n) is 3.67. The number of nitrogens with zero attached hydrogens (tertiary/aromatic N) is 7. The molecule has 0 aromatic carbocycles. The topological polar surface area (TPSA) is 101 Å². The van der Waals surface area contributed by atoms with E-state index < -0.39 is 11.9 Å². The van der Waals surface area contributed by atoms with Gasteiger partial charge in [-0.25, -0.2) is 24.9 Å². The number of fused-ring (bicyclic) bond motifs is 1. The highest BCUT2D eigenvalue weighted by molar-refractivity contribution is 5.77. The van der Waals surface area contributed by atoms with Crippen LogP contribution in [0.4, 0.5) is 13.2 Å². The van der Waals surface area contributed by atoms with E-state index in [0.29, 0.717) is 28.3 Å². The average molecular weight is 481 g/mol. The second kappa shape index (κ2) is 8.50. The summed E-state index contributed by atoms with van der Waals surface area (Å²) in [6.07, 6.45) is 1.29. The number of aryl methyl sites for hydroxylation is 1. The SMILES string of the molecule is COc1ncnc(C2CC2)c1-c1ncc2ccc(=O)n(CC#Cc3nc(C(F)(F)F)cn3C)c2n1. The minimum absolute atomic E-state index is 0.0684. The second-order valence-electron chi connectivity index (χ2n) is 8.01. The van der Waals surface area contributed by atoms with E-state index in [4.69, 9.17) is 4.74 Å². The van der Waals surface area contributed by atoms with Gasteiger partial charge in [0, 0.05) is 36.8 Å². The molecule has 0 bridgehead atoms. The van der Waals surface area contributed by atoms with Crippen molar-refractivity contribution in [3.8, 4) is 29.1 Å². The largest absolute Gasteiger partial charge is 0.480 e. The molecule has 0 radical (unpaired) electrons. The molecule has 0 N–H and O–H groups in total. The van der Waals surface area contributed by atoms with Gasteiger partial charge in [-0.15, -0.1) is 0 Å². The third kappa shape index (κ3) is 4.32. The van der Waals surface area contributed by atoms with E-state index in [2.05, 4.69) is 36.8 Å². The summed E-state index contributed by atoms with van der Waals surface area (Å²) in [6.45, 7) is -0.112. The fourth-order valence-corrected chi connectivity index (χ4v) is 3.67. The molecule has 1 fully saturated rings. The van der Waals surface area contributed by atoms with Crippen molar-refractivity contribution >= 4 is 11.0 Å². The Balaban J connectivity index is 1.56. The molecule has 5 rings (SSSR count). The molecule has 4 aromatic heterocycles. The average Bonchev–Trinajstić information content (AvgIpc) is 3.61. The van der Waals surface area contributed by atoms with E-state index in [1.54, 1.807) is 12.3 Å². The van der Waals surface area contributed by atoms with Crippen LogP contribution in [0.1, 0.15) is 36.0 Å². The van der Waals surface area contributed by atoms with Gasteiger partial charge >= 0.3 is 6.18 Å². The fraction of sp³-hybridized carbons (Fsp3) is 0.304. The van der Waals surface area contributed by atoms with Gasteiger partial charge in [0.2, 0.25) is 5.88 Å². The Morgan fingerprint density at radius 1 is 1.17 bits per heavy atom. The van der Waals surface area contributed by atoms with Gasteiger partial charge in [0.1, 0.15) is 17.5 Å². The molecule has 1 saturated carbocycles. The van der Waals surface area contributed by atoms with Crippen molar-refractivity contribution in [2.75, 3.05) is 7.11 Å². The Bertz CT molecular complexity index is 1560. The zero-order chi connectivity index (χ0) is 24.7. The van der Waals surface area contributed by atoms with Crippen LogP contribution in [0.25, 0.3) is 22.4 Å². The molecule has 1 aliphatic rings. The van der Waals surface area contributed by atoms with E-state index in [1.165, 1.54) is 35.7 Å². The maximum absolute atomic E-state index is 12.9. The number of hydrogen-bond acceptors (Lipinski definition) is 7. The first-order chi connectivity index (χ1) is 16.8. The van der Waals surface area contributed by atoms with Gasteiger partial charge in [0.15, 0.2) is 17.3 Å². The summed E-state index contributed by atoms with van der Waals surface area (Å²) in [5.41, 5.74) is 0.276. The van der Waals surface area contributed by atoms with E-state index in [9.17, 15) is 18.0 Å². The first kappa shape index (κ1) is 22.5. The quantitative estimate of drug-likeness (QED) is 0.413. The molecule has 9 nitrogen and oxygen atoms in total. The van der Waals surface area contributed by atoms with E-state index in [-0.39, 0.29) is 23.8 Å². The minimum atomic E-state index is -4.57. The van der Waals surface area contributed by atoms with Crippen LogP contribution in [0.2, 0.25) is 0 Å². The number of hydrogen-bond donors (Lipinski definition) is 0. The molecule has 0 saturated heterocycles. The van der Waals surface area contributed by atoms with Crippen molar-refractivity contribution in [3.63, 3.8) is 0 Å². The third-order valence-corrected chi connectivity index (χ3v) is 5.55. The smallest absolute Gasteiger partial charge is 0.434 e. The molecule has 0 amide bonds. The number of ether oxygens (including phenoxy) is 1. The molecule has 0 aliphatic heterocycles. The van der Waals surface area contributed by atoms with Gasteiger partial charge in [-0.05, 0) is 24.8 Å². The molecule has 12 heteroatoms. The molecule has 0 atom stereocenters. The molecule has 178 valence electrons. The van der Waals surface area contributed by atoms with Crippen LogP contribution in [0.5, 0.6) is 5.88 Å². The normalized spacial score (nSPS) is 13.5. The highest BCUT2D eigenvalue weighted by Gasteiger charge is 2.34. The summed E-state index contributed by atoms with van der Waals surface area (Å²) in [5, 5.41) is 0.593. The van der Waals surface area contributed by atoms with Crippen molar-refractivity contribution in [2.24, 2.45) is 7.05 Å². The second-order valence-corrected chi connectivity index (χ2v) is 8.01. The Morgan fingerprint density at radius 2 is 1.97 bits per heavy atom. The van der Waals surface area contributed by atoms with Crippen LogP contribution in [0, 0.1) is 11.8 Å². The lowest BCUT2D eigenvalue weighted by molar-refractivity contribution is -0.141. The molecule has 4 heterocycles. The number of aromatic nitrogens is 7. The minimum Gasteiger partial charge on any atom is -0.480 e. The summed E-state index contributed by atoms with van der Waals surface area (Å²) in [5.74, 6) is 6.17. The molecule has 35 heavy (non-hydrogen) atoms. The molecular weight excluding hydrogens is 463 g/mol. The van der Waals surface area contributed by atoms with Crippen molar-refractivity contribution in [3.05, 3.63) is 58.4 Å². The third-order valence-electron chi connectivity index (χ3n) is 5.55. The number of rotatable bonds is 4. The summed E-state index contributed by atoms with van der Waals surface area (Å²) in [6, 6.07) is 2.96. The summed E-state index contributed by atoms with van der Waals surface area (Å²) in [7, 11) is 2.92. The van der Waals surface area contributed by atoms with Crippen molar-refractivity contribution in [2.45, 2.75) is 31.5 Å². The lowest BCUT2D eigenvalue weighted by Crippen LogP contribution is -2.20. The molecule has 1 aliphatic carbocycles. The summed E-state index contributed by atoms with van der Waals surface area (Å²) >= 11 is 0. The highest BCUT2D eigenvalue weighted by Crippen LogP contribution is 2.44. The predicted molar refractivity (Wildman–Crippen MR) is 118 cm³/mol. The molecule has 0 unspecified atom stereocenters. The van der Waals surface area contributed by atoms with Crippen molar-refractivity contribution < 1.29 is 17.9 Å². The van der Waals surface area contributed by atoms with Gasteiger partial charge in [-0.2, -0.15) is 13.2 Å². The number of pyridine rings is 1. The van der Waals surface area contributed by atoms with Crippen LogP contribution in [0.3, 0.4) is 0 Å². The van der Waals surface area contributed by atoms with Crippen LogP contribution in [0.15, 0.2) is 35.6 Å². The van der Waals surface area contributed by atoms with Crippen LogP contribution in [-0.4, -0.2) is 41.2 Å². The Labute approximate surface area is 196 Å². The van der Waals surface area contributed by atoms with Gasteiger partial charge in [-0.1, -0.05) is 5.92 Å². The number of imidazole rings is 1. The zero-order valence-electron chi connectivity index (χ0n) is 18.7. The van der Waals surface area contributed by atoms with Gasteiger partial charge in [0.25, 0.3) is 5.56 Å². The Kier molecular flexibility index (Phi) is 5.47. The monoisotopic (exact) mass is 481 g/mol. The molecular formula is C23H18F3N7O2. The van der Waals surface area contributed by atoms with Crippen molar-refractivity contribution in [1.29, 1.82) is 0 Å². The van der Waals surface area contributed by atoms with Gasteiger partial charge < -0.3 is 9.30 Å². The maximum atomic E-state index is 12.9. The standard InChI is InChI=1S/C23H18F3N7O2/c1-32-11-15(23(24,25)26)30-16(32)4-3-9-33-17(34)8-7-14-10-27-20(31-21(14)33)18-19(13-5-6-13)28-12-29-22(18)35-2/h7-8,10-13H,5-6,9H2,1-2H3. The summed E-state index contributed by atoms with van der Waals surface area (Å²) < 4.78 is 46.7. The zero-order valence-corrected chi connectivity index (χ0v) is 18.7. The van der Waals surface area contributed by atoms with Crippen molar-refractivity contribution in [1.82, 2.24) is 34.1 Å². The maximum Gasteiger partial charge on any atom is 0.434 e. The Morgan fingerprint density at radius 3 is 2.66 bits per heavy atom. The number of methoxy groups -OCH3 is 1. The van der Waals surface area contributed by atoms with E-state index in [0.717, 1.165) is 24.7 Å². The van der Waals surface area contributed by atoms with Crippen LogP contribution in [-0.2, 0) is 19.8 Å². The molecule has 4 aromatic rings. The number of halogens is 3. The lowest BCUT2D eigenvalue weighted by Gasteiger charge is -2.12. The summed E-state index contributed by atoms with van der Waals surface area (Å²) in [4.78, 5) is 33.8.